The van der Waals surface area contributed by atoms with Crippen molar-refractivity contribution >= 4 is 23.4 Å². The Balaban J connectivity index is 1.70. The monoisotopic (exact) mass is 404 g/mol. The van der Waals surface area contributed by atoms with E-state index in [1.54, 1.807) is 25.6 Å². The average molecular weight is 404 g/mol. The summed E-state index contributed by atoms with van der Waals surface area (Å²) in [5.74, 6) is -0.584. The van der Waals surface area contributed by atoms with Crippen molar-refractivity contribution in [3.63, 3.8) is 0 Å². The Kier molecular flexibility index (Phi) is 5.93. The summed E-state index contributed by atoms with van der Waals surface area (Å²) >= 11 is 1.19. The molecule has 0 aliphatic carbocycles. The zero-order valence-electron chi connectivity index (χ0n) is 15.4. The number of carbonyl (C=O) groups excluding carboxylic acids is 1. The fourth-order valence-corrected chi connectivity index (χ4v) is 3.26. The van der Waals surface area contributed by atoms with Crippen LogP contribution in [-0.4, -0.2) is 33.0 Å². The lowest BCUT2D eigenvalue weighted by Crippen LogP contribution is -2.23. The second-order valence-corrected chi connectivity index (χ2v) is 7.28. The summed E-state index contributed by atoms with van der Waals surface area (Å²) in [7, 11) is 3.39. The number of anilines is 1. The van der Waals surface area contributed by atoms with Crippen LogP contribution in [0.25, 0.3) is 11.4 Å². The van der Waals surface area contributed by atoms with Crippen LogP contribution in [0.4, 0.5) is 14.5 Å². The SMILES string of the molecule is COc1ccc(-c2nnc(S[C@H](C)C(=O)Nc3ccc(F)cc3F)n2C)cc1. The normalized spacial score (nSPS) is 11.9. The molecular formula is C19H18F2N4O2S. The van der Waals surface area contributed by atoms with Gasteiger partial charge in [0.05, 0.1) is 18.0 Å². The number of rotatable bonds is 6. The van der Waals surface area contributed by atoms with E-state index in [1.165, 1.54) is 17.8 Å². The maximum atomic E-state index is 13.7. The van der Waals surface area contributed by atoms with E-state index in [0.717, 1.165) is 23.4 Å². The summed E-state index contributed by atoms with van der Waals surface area (Å²) in [6.45, 7) is 1.67. The van der Waals surface area contributed by atoms with Crippen molar-refractivity contribution in [3.05, 3.63) is 54.1 Å². The van der Waals surface area contributed by atoms with Gasteiger partial charge >= 0.3 is 0 Å². The number of ether oxygens (including phenoxy) is 1. The van der Waals surface area contributed by atoms with Crippen molar-refractivity contribution in [2.24, 2.45) is 7.05 Å². The molecule has 146 valence electrons. The number of thioether (sulfide) groups is 1. The molecule has 1 amide bonds. The third-order valence-electron chi connectivity index (χ3n) is 4.02. The molecule has 1 atom stereocenters. The first kappa shape index (κ1) is 19.8. The summed E-state index contributed by atoms with van der Waals surface area (Å²) in [4.78, 5) is 12.3. The number of aromatic nitrogens is 3. The molecule has 1 N–H and O–H groups in total. The second-order valence-electron chi connectivity index (χ2n) is 5.97. The molecule has 3 rings (SSSR count). The molecule has 6 nitrogen and oxygen atoms in total. The Morgan fingerprint density at radius 3 is 2.54 bits per heavy atom. The fraction of sp³-hybridized carbons (Fsp3) is 0.211. The van der Waals surface area contributed by atoms with Crippen LogP contribution in [0, 0.1) is 11.6 Å². The van der Waals surface area contributed by atoms with Crippen LogP contribution in [0.5, 0.6) is 5.75 Å². The Morgan fingerprint density at radius 1 is 1.18 bits per heavy atom. The summed E-state index contributed by atoms with van der Waals surface area (Å²) in [6.07, 6.45) is 0. The summed E-state index contributed by atoms with van der Waals surface area (Å²) in [5, 5.41) is 10.7. The molecule has 0 unspecified atom stereocenters. The van der Waals surface area contributed by atoms with E-state index in [0.29, 0.717) is 11.0 Å². The zero-order valence-corrected chi connectivity index (χ0v) is 16.3. The highest BCUT2D eigenvalue weighted by Crippen LogP contribution is 2.27. The van der Waals surface area contributed by atoms with Gasteiger partial charge in [0.15, 0.2) is 11.0 Å². The largest absolute Gasteiger partial charge is 0.497 e. The number of halogens is 2. The molecular weight excluding hydrogens is 386 g/mol. The van der Waals surface area contributed by atoms with Crippen LogP contribution >= 0.6 is 11.8 Å². The average Bonchev–Trinajstić information content (AvgIpc) is 3.04. The number of carbonyl (C=O) groups is 1. The molecule has 0 bridgehead atoms. The van der Waals surface area contributed by atoms with Gasteiger partial charge in [0, 0.05) is 18.7 Å². The van der Waals surface area contributed by atoms with Gasteiger partial charge in [-0.15, -0.1) is 10.2 Å². The van der Waals surface area contributed by atoms with E-state index in [2.05, 4.69) is 15.5 Å². The Morgan fingerprint density at radius 2 is 1.89 bits per heavy atom. The van der Waals surface area contributed by atoms with Crippen molar-refractivity contribution in [1.29, 1.82) is 0 Å². The van der Waals surface area contributed by atoms with Gasteiger partial charge in [-0.1, -0.05) is 11.8 Å². The second kappa shape index (κ2) is 8.39. The number of amides is 1. The van der Waals surface area contributed by atoms with Crippen molar-refractivity contribution < 1.29 is 18.3 Å². The molecule has 0 aliphatic rings. The lowest BCUT2D eigenvalue weighted by atomic mass is 10.2. The van der Waals surface area contributed by atoms with Crippen molar-refractivity contribution in [3.8, 4) is 17.1 Å². The van der Waals surface area contributed by atoms with Crippen LogP contribution in [0.15, 0.2) is 47.6 Å². The molecule has 0 saturated heterocycles. The maximum absolute atomic E-state index is 13.7. The third-order valence-corrected chi connectivity index (χ3v) is 5.16. The van der Waals surface area contributed by atoms with Crippen LogP contribution in [0.1, 0.15) is 6.92 Å². The maximum Gasteiger partial charge on any atom is 0.237 e. The molecule has 2 aromatic carbocycles. The van der Waals surface area contributed by atoms with Crippen LogP contribution in [-0.2, 0) is 11.8 Å². The third kappa shape index (κ3) is 4.30. The highest BCUT2D eigenvalue weighted by atomic mass is 32.2. The molecule has 0 saturated carbocycles. The lowest BCUT2D eigenvalue weighted by molar-refractivity contribution is -0.115. The van der Waals surface area contributed by atoms with Crippen LogP contribution in [0.2, 0.25) is 0 Å². The molecule has 0 radical (unpaired) electrons. The fourth-order valence-electron chi connectivity index (χ4n) is 2.45. The van der Waals surface area contributed by atoms with E-state index >= 15 is 0 Å². The predicted octanol–water partition coefficient (Wildman–Crippen LogP) is 3.89. The van der Waals surface area contributed by atoms with Gasteiger partial charge < -0.3 is 14.6 Å². The Labute approximate surface area is 164 Å². The molecule has 28 heavy (non-hydrogen) atoms. The number of benzene rings is 2. The minimum atomic E-state index is -0.828. The standard InChI is InChI=1S/C19H18F2N4O2S/c1-11(18(26)22-16-9-6-13(20)10-15(16)21)28-19-24-23-17(25(19)2)12-4-7-14(27-3)8-5-12/h4-11H,1-3H3,(H,22,26)/t11-/m1/s1. The lowest BCUT2D eigenvalue weighted by Gasteiger charge is -2.12. The van der Waals surface area contributed by atoms with Gasteiger partial charge in [-0.05, 0) is 43.3 Å². The van der Waals surface area contributed by atoms with E-state index in [9.17, 15) is 13.6 Å². The predicted molar refractivity (Wildman–Crippen MR) is 103 cm³/mol. The van der Waals surface area contributed by atoms with Crippen molar-refractivity contribution in [2.75, 3.05) is 12.4 Å². The van der Waals surface area contributed by atoms with Gasteiger partial charge in [0.2, 0.25) is 5.91 Å². The topological polar surface area (TPSA) is 69.0 Å². The minimum Gasteiger partial charge on any atom is -0.497 e. The van der Waals surface area contributed by atoms with Crippen LogP contribution in [0.3, 0.4) is 0 Å². The molecule has 0 aliphatic heterocycles. The van der Waals surface area contributed by atoms with E-state index in [1.807, 2.05) is 24.3 Å². The van der Waals surface area contributed by atoms with E-state index in [4.69, 9.17) is 4.74 Å². The first-order valence-electron chi connectivity index (χ1n) is 8.35. The Hall–Kier alpha value is -2.94. The highest BCUT2D eigenvalue weighted by molar-refractivity contribution is 8.00. The first-order valence-corrected chi connectivity index (χ1v) is 9.23. The van der Waals surface area contributed by atoms with E-state index in [-0.39, 0.29) is 5.69 Å². The molecule has 0 spiro atoms. The van der Waals surface area contributed by atoms with Crippen molar-refractivity contribution in [2.45, 2.75) is 17.3 Å². The minimum absolute atomic E-state index is 0.0734. The number of nitrogens with one attached hydrogen (secondary N) is 1. The molecule has 1 aromatic heterocycles. The summed E-state index contributed by atoms with van der Waals surface area (Å²) in [5.41, 5.74) is 0.781. The zero-order chi connectivity index (χ0) is 20.3. The van der Waals surface area contributed by atoms with Gasteiger partial charge in [-0.2, -0.15) is 0 Å². The van der Waals surface area contributed by atoms with E-state index < -0.39 is 22.8 Å². The molecule has 3 aromatic rings. The Bertz CT molecular complexity index is 992. The van der Waals surface area contributed by atoms with Gasteiger partial charge in [-0.3, -0.25) is 4.79 Å². The van der Waals surface area contributed by atoms with Gasteiger partial charge in [-0.25, -0.2) is 8.78 Å². The highest BCUT2D eigenvalue weighted by Gasteiger charge is 2.20. The number of methoxy groups -OCH3 is 1. The molecule has 1 heterocycles. The smallest absolute Gasteiger partial charge is 0.237 e. The number of hydrogen-bond donors (Lipinski definition) is 1. The molecule has 0 fully saturated rings. The summed E-state index contributed by atoms with van der Waals surface area (Å²) in [6, 6.07) is 10.4. The number of hydrogen-bond acceptors (Lipinski definition) is 5. The summed E-state index contributed by atoms with van der Waals surface area (Å²) < 4.78 is 33.6. The van der Waals surface area contributed by atoms with Gasteiger partial charge in [0.25, 0.3) is 0 Å². The van der Waals surface area contributed by atoms with Crippen molar-refractivity contribution in [1.82, 2.24) is 14.8 Å². The quantitative estimate of drug-likeness (QED) is 0.632. The number of nitrogens with zero attached hydrogens (tertiary/aromatic N) is 3. The van der Waals surface area contributed by atoms with Gasteiger partial charge in [0.1, 0.15) is 17.4 Å². The van der Waals surface area contributed by atoms with Crippen LogP contribution < -0.4 is 10.1 Å². The first-order chi connectivity index (χ1) is 13.4. The molecule has 9 heteroatoms.